The van der Waals surface area contributed by atoms with E-state index in [0.29, 0.717) is 0 Å². The molecule has 2 heterocycles. The Bertz CT molecular complexity index is 625. The van der Waals surface area contributed by atoms with Gasteiger partial charge in [0.1, 0.15) is 12.2 Å². The number of rotatable bonds is 3. The summed E-state index contributed by atoms with van der Waals surface area (Å²) in [4.78, 5) is 25.5. The quantitative estimate of drug-likeness (QED) is 0.921. The molecule has 5 nitrogen and oxygen atoms in total. The van der Waals surface area contributed by atoms with Gasteiger partial charge in [-0.15, -0.1) is 11.3 Å². The highest BCUT2D eigenvalue weighted by molar-refractivity contribution is 7.19. The molecular weight excluding hydrogens is 252 g/mol. The van der Waals surface area contributed by atoms with Crippen LogP contribution < -0.4 is 0 Å². The van der Waals surface area contributed by atoms with Crippen LogP contribution in [0.15, 0.2) is 12.1 Å². The average Bonchev–Trinajstić information content (AvgIpc) is 2.76. The van der Waals surface area contributed by atoms with Crippen LogP contribution >= 0.6 is 11.3 Å². The Kier molecular flexibility index (Phi) is 3.13. The number of hydrogen-bond donors (Lipinski definition) is 1. The Morgan fingerprint density at radius 1 is 1.39 bits per heavy atom. The third kappa shape index (κ3) is 2.11. The number of carboxylic acid groups (broad SMARTS) is 1. The van der Waals surface area contributed by atoms with Crippen molar-refractivity contribution in [2.24, 2.45) is 0 Å². The van der Waals surface area contributed by atoms with Crippen molar-refractivity contribution in [2.45, 2.75) is 13.5 Å². The van der Waals surface area contributed by atoms with Crippen molar-refractivity contribution in [1.29, 1.82) is 0 Å². The maximum absolute atomic E-state index is 11.8. The van der Waals surface area contributed by atoms with Gasteiger partial charge < -0.3 is 14.6 Å². The zero-order valence-electron chi connectivity index (χ0n) is 10.4. The lowest BCUT2D eigenvalue weighted by molar-refractivity contribution is -0.129. The number of likely N-dealkylation sites (N-methyl/N-ethyl adjacent to an activating group) is 1. The van der Waals surface area contributed by atoms with Crippen molar-refractivity contribution < 1.29 is 14.7 Å². The van der Waals surface area contributed by atoms with Crippen LogP contribution in [0.25, 0.3) is 10.2 Å². The smallest absolute Gasteiger partial charge is 0.352 e. The van der Waals surface area contributed by atoms with Crippen molar-refractivity contribution in [3.8, 4) is 0 Å². The number of nitrogens with zero attached hydrogens (tertiary/aromatic N) is 2. The molecule has 1 amide bonds. The summed E-state index contributed by atoms with van der Waals surface area (Å²) < 4.78 is 2.46. The van der Waals surface area contributed by atoms with Gasteiger partial charge in [0.2, 0.25) is 5.91 Å². The second-order valence-electron chi connectivity index (χ2n) is 4.32. The molecule has 2 aromatic rings. The fraction of sp³-hybridized carbons (Fsp3) is 0.333. The molecule has 0 aliphatic heterocycles. The molecule has 6 heteroatoms. The van der Waals surface area contributed by atoms with E-state index in [-0.39, 0.29) is 18.1 Å². The largest absolute Gasteiger partial charge is 0.477 e. The molecule has 0 aliphatic carbocycles. The number of amides is 1. The van der Waals surface area contributed by atoms with Crippen molar-refractivity contribution >= 4 is 33.4 Å². The van der Waals surface area contributed by atoms with Crippen LogP contribution in [0.5, 0.6) is 0 Å². The predicted molar refractivity (Wildman–Crippen MR) is 70.2 cm³/mol. The third-order valence-electron chi connectivity index (χ3n) is 2.72. The molecule has 18 heavy (non-hydrogen) atoms. The summed E-state index contributed by atoms with van der Waals surface area (Å²) >= 11 is 1.53. The molecule has 0 fully saturated rings. The van der Waals surface area contributed by atoms with Gasteiger partial charge in [-0.3, -0.25) is 4.79 Å². The van der Waals surface area contributed by atoms with Gasteiger partial charge in [0.05, 0.1) is 10.2 Å². The van der Waals surface area contributed by atoms with Gasteiger partial charge in [0, 0.05) is 19.0 Å². The maximum Gasteiger partial charge on any atom is 0.352 e. The Hall–Kier alpha value is -1.82. The van der Waals surface area contributed by atoms with E-state index < -0.39 is 5.97 Å². The van der Waals surface area contributed by atoms with E-state index in [1.54, 1.807) is 24.7 Å². The first-order valence-electron chi connectivity index (χ1n) is 5.43. The summed E-state index contributed by atoms with van der Waals surface area (Å²) in [7, 11) is 3.31. The number of thiophene rings is 1. The van der Waals surface area contributed by atoms with E-state index in [0.717, 1.165) is 15.1 Å². The summed E-state index contributed by atoms with van der Waals surface area (Å²) in [6, 6.07) is 3.54. The standard InChI is InChI=1S/C12H14N2O3S/c1-7-4-8-10(18-7)5-9(12(16)17)14(8)6-11(15)13(2)3/h4-5H,6H2,1-3H3,(H,16,17). The molecule has 0 unspecified atom stereocenters. The normalized spacial score (nSPS) is 10.8. The van der Waals surface area contributed by atoms with E-state index in [1.807, 2.05) is 13.0 Å². The van der Waals surface area contributed by atoms with Gasteiger partial charge in [-0.1, -0.05) is 0 Å². The summed E-state index contributed by atoms with van der Waals surface area (Å²) in [5.41, 5.74) is 0.969. The molecule has 1 N–H and O–H groups in total. The minimum atomic E-state index is -1.01. The average molecular weight is 266 g/mol. The first kappa shape index (κ1) is 12.6. The van der Waals surface area contributed by atoms with Gasteiger partial charge in [0.15, 0.2) is 0 Å². The number of hydrogen-bond acceptors (Lipinski definition) is 3. The van der Waals surface area contributed by atoms with Crippen molar-refractivity contribution in [3.05, 3.63) is 22.7 Å². The monoisotopic (exact) mass is 266 g/mol. The number of carbonyl (C=O) groups excluding carboxylic acids is 1. The number of aromatic carboxylic acids is 1. The maximum atomic E-state index is 11.8. The lowest BCUT2D eigenvalue weighted by Crippen LogP contribution is -2.27. The Labute approximate surface area is 108 Å². The second kappa shape index (κ2) is 4.45. The first-order chi connectivity index (χ1) is 8.40. The minimum absolute atomic E-state index is 0.0499. The molecular formula is C12H14N2O3S. The number of carboxylic acids is 1. The van der Waals surface area contributed by atoms with E-state index in [1.165, 1.54) is 16.2 Å². The SMILES string of the molecule is Cc1cc2c(cc(C(=O)O)n2CC(=O)N(C)C)s1. The van der Waals surface area contributed by atoms with Crippen LogP contribution in [0.1, 0.15) is 15.4 Å². The minimum Gasteiger partial charge on any atom is -0.477 e. The van der Waals surface area contributed by atoms with Gasteiger partial charge in [-0.25, -0.2) is 4.79 Å². The molecule has 0 aliphatic rings. The Morgan fingerprint density at radius 3 is 2.61 bits per heavy atom. The molecule has 96 valence electrons. The lowest BCUT2D eigenvalue weighted by Gasteiger charge is -2.12. The zero-order chi connectivity index (χ0) is 13.4. The van der Waals surface area contributed by atoms with Gasteiger partial charge >= 0.3 is 5.97 Å². The zero-order valence-corrected chi connectivity index (χ0v) is 11.2. The van der Waals surface area contributed by atoms with Crippen molar-refractivity contribution in [2.75, 3.05) is 14.1 Å². The topological polar surface area (TPSA) is 62.5 Å². The highest BCUT2D eigenvalue weighted by atomic mass is 32.1. The number of aryl methyl sites for hydroxylation is 1. The molecule has 0 aromatic carbocycles. The Balaban J connectivity index is 2.53. The summed E-state index contributed by atoms with van der Waals surface area (Å²) in [6.45, 7) is 2.01. The molecule has 2 rings (SSSR count). The van der Waals surface area contributed by atoms with Crippen LogP contribution in [0.3, 0.4) is 0 Å². The third-order valence-corrected chi connectivity index (χ3v) is 3.71. The molecule has 0 bridgehead atoms. The second-order valence-corrected chi connectivity index (χ2v) is 5.60. The molecule has 2 aromatic heterocycles. The summed E-state index contributed by atoms with van der Waals surface area (Å²) in [5, 5.41) is 9.16. The van der Waals surface area contributed by atoms with E-state index in [2.05, 4.69) is 0 Å². The van der Waals surface area contributed by atoms with Gasteiger partial charge in [0.25, 0.3) is 0 Å². The van der Waals surface area contributed by atoms with E-state index >= 15 is 0 Å². The molecule has 0 saturated carbocycles. The van der Waals surface area contributed by atoms with Crippen LogP contribution in [0.4, 0.5) is 0 Å². The van der Waals surface area contributed by atoms with Crippen LogP contribution in [-0.2, 0) is 11.3 Å². The highest BCUT2D eigenvalue weighted by Gasteiger charge is 2.18. The predicted octanol–water partition coefficient (Wildman–Crippen LogP) is 1.80. The van der Waals surface area contributed by atoms with Crippen molar-refractivity contribution in [1.82, 2.24) is 9.47 Å². The molecule has 0 spiro atoms. The number of carbonyl (C=O) groups is 2. The van der Waals surface area contributed by atoms with Crippen LogP contribution in [0.2, 0.25) is 0 Å². The first-order valence-corrected chi connectivity index (χ1v) is 6.25. The van der Waals surface area contributed by atoms with E-state index in [9.17, 15) is 9.59 Å². The highest BCUT2D eigenvalue weighted by Crippen LogP contribution is 2.28. The van der Waals surface area contributed by atoms with Crippen LogP contribution in [0, 0.1) is 6.92 Å². The van der Waals surface area contributed by atoms with Crippen LogP contribution in [-0.4, -0.2) is 40.5 Å². The molecule has 0 saturated heterocycles. The van der Waals surface area contributed by atoms with Gasteiger partial charge in [-0.05, 0) is 19.1 Å². The molecule has 0 radical (unpaired) electrons. The Morgan fingerprint density at radius 2 is 2.06 bits per heavy atom. The lowest BCUT2D eigenvalue weighted by atomic mass is 10.4. The number of fused-ring (bicyclic) bond motifs is 1. The summed E-state index contributed by atoms with van der Waals surface area (Å²) in [5.74, 6) is -1.14. The molecule has 0 atom stereocenters. The fourth-order valence-electron chi connectivity index (χ4n) is 1.79. The number of aromatic nitrogens is 1. The van der Waals surface area contributed by atoms with E-state index in [4.69, 9.17) is 5.11 Å². The summed E-state index contributed by atoms with van der Waals surface area (Å²) in [6.07, 6.45) is 0. The van der Waals surface area contributed by atoms with Gasteiger partial charge in [-0.2, -0.15) is 0 Å². The fourth-order valence-corrected chi connectivity index (χ4v) is 2.75. The van der Waals surface area contributed by atoms with Crippen molar-refractivity contribution in [3.63, 3.8) is 0 Å².